The Balaban J connectivity index is 1.82. The van der Waals surface area contributed by atoms with Gasteiger partial charge in [-0.05, 0) is 67.3 Å². The highest BCUT2D eigenvalue weighted by atomic mass is 28.3. The summed E-state index contributed by atoms with van der Waals surface area (Å²) in [6.45, 7) is 11.3. The Morgan fingerprint density at radius 2 is 1.47 bits per heavy atom. The second-order valence-electron chi connectivity index (χ2n) is 11.8. The van der Waals surface area contributed by atoms with Crippen molar-refractivity contribution in [2.75, 3.05) is 0 Å². The molecule has 0 saturated heterocycles. The van der Waals surface area contributed by atoms with Gasteiger partial charge in [0.1, 0.15) is 8.07 Å². The second-order valence-corrected chi connectivity index (χ2v) is 16.5. The summed E-state index contributed by atoms with van der Waals surface area (Å²) in [4.78, 5) is 20.4. The van der Waals surface area contributed by atoms with Crippen LogP contribution >= 0.6 is 0 Å². The van der Waals surface area contributed by atoms with Crippen LogP contribution in [0.25, 0.3) is 0 Å². The van der Waals surface area contributed by atoms with Gasteiger partial charge in [0, 0.05) is 34.6 Å². The highest BCUT2D eigenvalue weighted by Crippen LogP contribution is 2.37. The molecule has 0 fully saturated rings. The zero-order valence-corrected chi connectivity index (χ0v) is 25.3. The first-order valence-corrected chi connectivity index (χ1v) is 18.3. The maximum absolute atomic E-state index is 13.4. The Hall–Kier alpha value is -2.77. The number of aromatic amines is 2. The van der Waals surface area contributed by atoms with E-state index in [0.717, 1.165) is 11.3 Å². The lowest BCUT2D eigenvalue weighted by Gasteiger charge is -2.26. The number of rotatable bonds is 15. The number of hydrogen-bond acceptors (Lipinski definition) is 1. The van der Waals surface area contributed by atoms with E-state index in [1.165, 1.54) is 69.9 Å². The molecule has 2 heterocycles. The largest absolute Gasteiger partial charge is 0.364 e. The fourth-order valence-corrected chi connectivity index (χ4v) is 5.72. The number of carbonyl (C=O) groups is 1. The summed E-state index contributed by atoms with van der Waals surface area (Å²) in [6, 6.07) is 16.2. The van der Waals surface area contributed by atoms with Crippen LogP contribution in [0.2, 0.25) is 19.6 Å². The standard InChI is InChI=1S/C34H48N2OSi/c1-6-8-10-12-15-28(16-13-11-9-7-2)33(30-17-14-25-35-30)31-22-23-32(36-31)34(37)29-20-18-27(19-21-29)24-26-38(3,4)5/h14,17-23,25,28,33,35-36H,6-13,15-16H2,1-5H3. The lowest BCUT2D eigenvalue weighted by atomic mass is 9.80. The van der Waals surface area contributed by atoms with Gasteiger partial charge < -0.3 is 9.97 Å². The minimum absolute atomic E-state index is 0.0358. The van der Waals surface area contributed by atoms with Gasteiger partial charge in [-0.1, -0.05) is 90.8 Å². The number of hydrogen-bond donors (Lipinski definition) is 2. The van der Waals surface area contributed by atoms with Gasteiger partial charge in [0.05, 0.1) is 5.69 Å². The highest BCUT2D eigenvalue weighted by molar-refractivity contribution is 6.83. The monoisotopic (exact) mass is 528 g/mol. The van der Waals surface area contributed by atoms with Crippen LogP contribution < -0.4 is 0 Å². The van der Waals surface area contributed by atoms with E-state index in [-0.39, 0.29) is 11.7 Å². The van der Waals surface area contributed by atoms with E-state index in [0.29, 0.717) is 17.2 Å². The molecule has 0 aliphatic heterocycles. The summed E-state index contributed by atoms with van der Waals surface area (Å²) in [5.41, 5.74) is 8.11. The van der Waals surface area contributed by atoms with Gasteiger partial charge in [-0.2, -0.15) is 0 Å². The fourth-order valence-electron chi connectivity index (χ4n) is 5.20. The second kappa shape index (κ2) is 15.0. The highest BCUT2D eigenvalue weighted by Gasteiger charge is 2.27. The van der Waals surface area contributed by atoms with Gasteiger partial charge in [0.2, 0.25) is 5.78 Å². The molecule has 3 aromatic rings. The number of carbonyl (C=O) groups excluding carboxylic acids is 1. The summed E-state index contributed by atoms with van der Waals surface area (Å²) in [5, 5.41) is 0. The molecule has 0 radical (unpaired) electrons. The average molecular weight is 529 g/mol. The van der Waals surface area contributed by atoms with E-state index in [9.17, 15) is 4.79 Å². The maximum atomic E-state index is 13.4. The molecule has 1 aromatic carbocycles. The van der Waals surface area contributed by atoms with E-state index >= 15 is 0 Å². The smallest absolute Gasteiger partial charge is 0.209 e. The van der Waals surface area contributed by atoms with Crippen molar-refractivity contribution in [1.29, 1.82) is 0 Å². The van der Waals surface area contributed by atoms with E-state index in [1.807, 2.05) is 36.5 Å². The van der Waals surface area contributed by atoms with Crippen LogP contribution in [-0.2, 0) is 0 Å². The Morgan fingerprint density at radius 3 is 2.03 bits per heavy atom. The first-order valence-electron chi connectivity index (χ1n) is 14.8. The predicted molar refractivity (Wildman–Crippen MR) is 165 cm³/mol. The molecule has 204 valence electrons. The topological polar surface area (TPSA) is 48.6 Å². The minimum atomic E-state index is -1.43. The van der Waals surface area contributed by atoms with Crippen LogP contribution in [0, 0.1) is 17.4 Å². The first-order chi connectivity index (χ1) is 18.3. The molecule has 0 bridgehead atoms. The lowest BCUT2D eigenvalue weighted by Crippen LogP contribution is -2.16. The van der Waals surface area contributed by atoms with Gasteiger partial charge in [0.25, 0.3) is 0 Å². The van der Waals surface area contributed by atoms with Gasteiger partial charge in [-0.25, -0.2) is 0 Å². The molecule has 0 saturated carbocycles. The van der Waals surface area contributed by atoms with Crippen molar-refractivity contribution < 1.29 is 4.79 Å². The molecule has 0 aliphatic carbocycles. The van der Waals surface area contributed by atoms with E-state index in [2.05, 4.69) is 73.1 Å². The molecular weight excluding hydrogens is 480 g/mol. The number of nitrogens with one attached hydrogen (secondary N) is 2. The van der Waals surface area contributed by atoms with Crippen molar-refractivity contribution in [3.05, 3.63) is 82.9 Å². The first kappa shape index (κ1) is 29.8. The molecule has 0 spiro atoms. The number of benzene rings is 1. The summed E-state index contributed by atoms with van der Waals surface area (Å²) in [6.07, 6.45) is 14.7. The molecule has 3 nitrogen and oxygen atoms in total. The Morgan fingerprint density at radius 1 is 0.816 bits per heavy atom. The zero-order valence-electron chi connectivity index (χ0n) is 24.3. The number of aromatic nitrogens is 2. The third kappa shape index (κ3) is 9.21. The van der Waals surface area contributed by atoms with Crippen LogP contribution in [0.1, 0.15) is 117 Å². The third-order valence-electron chi connectivity index (χ3n) is 7.30. The van der Waals surface area contributed by atoms with E-state index in [1.54, 1.807) is 0 Å². The Labute approximate surface area is 232 Å². The van der Waals surface area contributed by atoms with Crippen molar-refractivity contribution in [3.8, 4) is 11.5 Å². The van der Waals surface area contributed by atoms with Gasteiger partial charge in [-0.15, -0.1) is 5.54 Å². The van der Waals surface area contributed by atoms with Crippen molar-refractivity contribution in [2.24, 2.45) is 5.92 Å². The predicted octanol–water partition coefficient (Wildman–Crippen LogP) is 9.49. The van der Waals surface area contributed by atoms with E-state index in [4.69, 9.17) is 0 Å². The van der Waals surface area contributed by atoms with Crippen molar-refractivity contribution >= 4 is 13.9 Å². The molecule has 1 atom stereocenters. The summed E-state index contributed by atoms with van der Waals surface area (Å²) >= 11 is 0. The molecule has 2 N–H and O–H groups in total. The molecule has 0 aliphatic rings. The SMILES string of the molecule is CCCCCCC(CCCCCC)C(c1ccc[nH]1)c1ccc(C(=O)c2ccc(C#C[Si](C)(C)C)cc2)[nH]1. The van der Waals surface area contributed by atoms with Crippen LogP contribution in [0.5, 0.6) is 0 Å². The molecule has 38 heavy (non-hydrogen) atoms. The molecule has 2 aromatic heterocycles. The molecule has 4 heteroatoms. The van der Waals surface area contributed by atoms with Crippen LogP contribution in [-0.4, -0.2) is 23.8 Å². The lowest BCUT2D eigenvalue weighted by molar-refractivity contribution is 0.103. The van der Waals surface area contributed by atoms with E-state index < -0.39 is 8.07 Å². The Bertz CT molecular complexity index is 1140. The summed E-state index contributed by atoms with van der Waals surface area (Å²) < 4.78 is 0. The third-order valence-corrected chi connectivity index (χ3v) is 8.18. The van der Waals surface area contributed by atoms with Crippen molar-refractivity contribution in [3.63, 3.8) is 0 Å². The molecular formula is C34H48N2OSi. The normalized spacial score (nSPS) is 12.4. The molecule has 0 amide bonds. The Kier molecular flexibility index (Phi) is 11.7. The summed E-state index contributed by atoms with van der Waals surface area (Å²) in [5.74, 6) is 4.11. The quantitative estimate of drug-likeness (QED) is 0.0877. The maximum Gasteiger partial charge on any atom is 0.209 e. The van der Waals surface area contributed by atoms with Crippen LogP contribution in [0.3, 0.4) is 0 Å². The minimum Gasteiger partial charge on any atom is -0.364 e. The van der Waals surface area contributed by atoms with Crippen molar-refractivity contribution in [1.82, 2.24) is 9.97 Å². The van der Waals surface area contributed by atoms with Crippen LogP contribution in [0.4, 0.5) is 0 Å². The zero-order chi connectivity index (χ0) is 27.4. The number of H-pyrrole nitrogens is 2. The van der Waals surface area contributed by atoms with Gasteiger partial charge >= 0.3 is 0 Å². The number of unbranched alkanes of at least 4 members (excludes halogenated alkanes) is 6. The summed E-state index contributed by atoms with van der Waals surface area (Å²) in [7, 11) is -1.43. The van der Waals surface area contributed by atoms with Gasteiger partial charge in [0.15, 0.2) is 0 Å². The molecule has 3 rings (SSSR count). The van der Waals surface area contributed by atoms with Gasteiger partial charge in [-0.3, -0.25) is 4.79 Å². The number of ketones is 1. The average Bonchev–Trinajstić information content (AvgIpc) is 3.60. The van der Waals surface area contributed by atoms with Crippen LogP contribution in [0.15, 0.2) is 54.7 Å². The fraction of sp³-hybridized carbons (Fsp3) is 0.500. The molecule has 1 unspecified atom stereocenters. The van der Waals surface area contributed by atoms with Crippen molar-refractivity contribution in [2.45, 2.75) is 104 Å².